The van der Waals surface area contributed by atoms with Gasteiger partial charge in [0.25, 0.3) is 0 Å². The van der Waals surface area contributed by atoms with E-state index in [0.717, 1.165) is 30.7 Å². The van der Waals surface area contributed by atoms with Crippen molar-refractivity contribution in [1.82, 2.24) is 0 Å². The van der Waals surface area contributed by atoms with Gasteiger partial charge >= 0.3 is 29.6 Å². The molecule has 0 saturated heterocycles. The Morgan fingerprint density at radius 2 is 1.90 bits per heavy atom. The summed E-state index contributed by atoms with van der Waals surface area (Å²) >= 11 is 5.85. The average molecular weight is 315 g/mol. The first-order valence-electron chi connectivity index (χ1n) is 7.23. The summed E-state index contributed by atoms with van der Waals surface area (Å²) in [6, 6.07) is 7.84. The topological polar surface area (TPSA) is 40.1 Å². The SMILES string of the molecule is O=C([O-])C1(CCCCc2ccc(Cl)cc2)CC=CCC1.[Na+]. The van der Waals surface area contributed by atoms with Crippen LogP contribution in [0.4, 0.5) is 0 Å². The van der Waals surface area contributed by atoms with Gasteiger partial charge in [-0.05, 0) is 56.2 Å². The standard InChI is InChI=1S/C17H21ClO2.Na/c18-15-9-7-14(8-10-15)6-2-5-13-17(16(19)20)11-3-1-4-12-17;/h1,3,7-10H,2,4-6,11-13H2,(H,19,20);/q;+1/p-1. The zero-order valence-electron chi connectivity index (χ0n) is 12.6. The van der Waals surface area contributed by atoms with Crippen LogP contribution in [0.2, 0.25) is 5.02 Å². The molecule has 0 aliphatic heterocycles. The van der Waals surface area contributed by atoms with Crippen LogP contribution in [0.1, 0.15) is 44.1 Å². The molecule has 1 aromatic rings. The van der Waals surface area contributed by atoms with Crippen LogP contribution in [0.25, 0.3) is 0 Å². The second kappa shape index (κ2) is 8.99. The fourth-order valence-corrected chi connectivity index (χ4v) is 2.97. The van der Waals surface area contributed by atoms with E-state index in [1.54, 1.807) is 0 Å². The Kier molecular flexibility index (Phi) is 8.04. The summed E-state index contributed by atoms with van der Waals surface area (Å²) in [4.78, 5) is 11.4. The molecule has 0 spiro atoms. The number of carboxylic acids is 1. The first-order valence-corrected chi connectivity index (χ1v) is 7.61. The number of carboxylic acid groups (broad SMARTS) is 1. The van der Waals surface area contributed by atoms with Crippen LogP contribution in [-0.4, -0.2) is 5.97 Å². The van der Waals surface area contributed by atoms with Crippen molar-refractivity contribution in [2.45, 2.75) is 44.9 Å². The Bertz CT molecular complexity index is 484. The van der Waals surface area contributed by atoms with Gasteiger partial charge in [-0.1, -0.05) is 42.3 Å². The Balaban J connectivity index is 0.00000220. The van der Waals surface area contributed by atoms with Crippen molar-refractivity contribution in [3.05, 3.63) is 47.0 Å². The fraction of sp³-hybridized carbons (Fsp3) is 0.471. The third kappa shape index (κ3) is 5.45. The van der Waals surface area contributed by atoms with Crippen LogP contribution in [0, 0.1) is 5.41 Å². The van der Waals surface area contributed by atoms with Gasteiger partial charge in [0.1, 0.15) is 0 Å². The summed E-state index contributed by atoms with van der Waals surface area (Å²) in [5.74, 6) is -0.881. The molecule has 0 aromatic heterocycles. The molecule has 1 unspecified atom stereocenters. The maximum Gasteiger partial charge on any atom is 1.00 e. The van der Waals surface area contributed by atoms with Crippen LogP contribution in [0.5, 0.6) is 0 Å². The van der Waals surface area contributed by atoms with Crippen molar-refractivity contribution in [3.63, 3.8) is 0 Å². The first kappa shape index (κ1) is 18.8. The number of hydrogen-bond donors (Lipinski definition) is 0. The second-order valence-electron chi connectivity index (χ2n) is 5.62. The Morgan fingerprint density at radius 1 is 1.19 bits per heavy atom. The van der Waals surface area contributed by atoms with Crippen molar-refractivity contribution in [2.24, 2.45) is 5.41 Å². The van der Waals surface area contributed by atoms with E-state index in [0.29, 0.717) is 19.3 Å². The molecule has 1 atom stereocenters. The maximum atomic E-state index is 11.4. The van der Waals surface area contributed by atoms with E-state index >= 15 is 0 Å². The number of carbonyl (C=O) groups is 1. The van der Waals surface area contributed by atoms with Gasteiger partial charge in [0.05, 0.1) is 0 Å². The van der Waals surface area contributed by atoms with Gasteiger partial charge in [-0.3, -0.25) is 0 Å². The van der Waals surface area contributed by atoms with E-state index in [1.165, 1.54) is 5.56 Å². The summed E-state index contributed by atoms with van der Waals surface area (Å²) in [6.07, 6.45) is 9.84. The molecule has 1 aromatic carbocycles. The number of hydrogen-bond acceptors (Lipinski definition) is 2. The molecule has 0 bridgehead atoms. The van der Waals surface area contributed by atoms with Gasteiger partial charge in [-0.15, -0.1) is 0 Å². The summed E-state index contributed by atoms with van der Waals surface area (Å²) in [7, 11) is 0. The number of rotatable bonds is 6. The summed E-state index contributed by atoms with van der Waals surface area (Å²) in [6.45, 7) is 0. The zero-order valence-corrected chi connectivity index (χ0v) is 15.4. The van der Waals surface area contributed by atoms with Gasteiger partial charge < -0.3 is 9.90 Å². The normalized spacial score (nSPS) is 20.8. The Labute approximate surface area is 153 Å². The van der Waals surface area contributed by atoms with Crippen LogP contribution in [0.3, 0.4) is 0 Å². The molecule has 21 heavy (non-hydrogen) atoms. The van der Waals surface area contributed by atoms with E-state index < -0.39 is 11.4 Å². The smallest absolute Gasteiger partial charge is 0.550 e. The molecule has 1 aliphatic carbocycles. The van der Waals surface area contributed by atoms with Gasteiger partial charge in [-0.25, -0.2) is 0 Å². The molecule has 1 aliphatic rings. The molecule has 0 amide bonds. The van der Waals surface area contributed by atoms with E-state index in [-0.39, 0.29) is 29.6 Å². The minimum absolute atomic E-state index is 0. The molecular weight excluding hydrogens is 295 g/mol. The van der Waals surface area contributed by atoms with Crippen LogP contribution in [0.15, 0.2) is 36.4 Å². The number of unbranched alkanes of at least 4 members (excludes halogenated alkanes) is 1. The molecule has 0 radical (unpaired) electrons. The predicted octanol–water partition coefficient (Wildman–Crippen LogP) is 0.533. The number of aliphatic carboxylic acids is 1. The molecule has 0 heterocycles. The number of carbonyl (C=O) groups excluding carboxylic acids is 1. The van der Waals surface area contributed by atoms with Gasteiger partial charge in [-0.2, -0.15) is 0 Å². The number of halogens is 1. The Morgan fingerprint density at radius 3 is 2.48 bits per heavy atom. The third-order valence-electron chi connectivity index (χ3n) is 4.18. The maximum absolute atomic E-state index is 11.4. The van der Waals surface area contributed by atoms with Gasteiger partial charge in [0.15, 0.2) is 0 Å². The van der Waals surface area contributed by atoms with Crippen molar-refractivity contribution in [3.8, 4) is 0 Å². The van der Waals surface area contributed by atoms with Crippen LogP contribution in [-0.2, 0) is 11.2 Å². The predicted molar refractivity (Wildman–Crippen MR) is 79.4 cm³/mol. The minimum Gasteiger partial charge on any atom is -0.550 e. The number of aryl methyl sites for hydroxylation is 1. The van der Waals surface area contributed by atoms with E-state index in [4.69, 9.17) is 11.6 Å². The van der Waals surface area contributed by atoms with Crippen LogP contribution >= 0.6 is 11.6 Å². The zero-order chi connectivity index (χ0) is 14.4. The molecule has 0 saturated carbocycles. The quantitative estimate of drug-likeness (QED) is 0.437. The minimum atomic E-state index is -0.881. The van der Waals surface area contributed by atoms with Crippen molar-refractivity contribution < 1.29 is 39.5 Å². The van der Waals surface area contributed by atoms with Gasteiger partial charge in [0, 0.05) is 16.4 Å². The first-order chi connectivity index (χ1) is 9.62. The molecule has 2 nitrogen and oxygen atoms in total. The van der Waals surface area contributed by atoms with Gasteiger partial charge in [0.2, 0.25) is 0 Å². The van der Waals surface area contributed by atoms with Crippen molar-refractivity contribution in [1.29, 1.82) is 0 Å². The Hall–Kier alpha value is -0.280. The molecule has 2 rings (SSSR count). The number of benzene rings is 1. The second-order valence-corrected chi connectivity index (χ2v) is 6.05. The van der Waals surface area contributed by atoms with Crippen molar-refractivity contribution in [2.75, 3.05) is 0 Å². The molecule has 4 heteroatoms. The van der Waals surface area contributed by atoms with E-state index in [9.17, 15) is 9.90 Å². The average Bonchev–Trinajstić information content (AvgIpc) is 2.46. The number of allylic oxidation sites excluding steroid dienone is 2. The summed E-state index contributed by atoms with van der Waals surface area (Å²) in [5.41, 5.74) is 0.620. The third-order valence-corrected chi connectivity index (χ3v) is 4.43. The fourth-order valence-electron chi connectivity index (χ4n) is 2.85. The summed E-state index contributed by atoms with van der Waals surface area (Å²) in [5, 5.41) is 12.2. The largest absolute Gasteiger partial charge is 1.00 e. The van der Waals surface area contributed by atoms with Crippen molar-refractivity contribution >= 4 is 17.6 Å². The molecule has 0 fully saturated rings. The molecule has 0 N–H and O–H groups in total. The van der Waals surface area contributed by atoms with E-state index in [2.05, 4.69) is 6.08 Å². The summed E-state index contributed by atoms with van der Waals surface area (Å²) < 4.78 is 0. The molecule has 108 valence electrons. The molecular formula is C17H20ClNaO2. The van der Waals surface area contributed by atoms with Crippen LogP contribution < -0.4 is 34.7 Å². The monoisotopic (exact) mass is 314 g/mol. The van der Waals surface area contributed by atoms with E-state index in [1.807, 2.05) is 30.3 Å².